The lowest BCUT2D eigenvalue weighted by atomic mass is 9.91. The molecule has 2 rings (SSSR count). The van der Waals surface area contributed by atoms with Gasteiger partial charge in [0.15, 0.2) is 0 Å². The van der Waals surface area contributed by atoms with E-state index in [1.165, 1.54) is 5.56 Å². The Morgan fingerprint density at radius 2 is 1.57 bits per heavy atom. The molecule has 0 spiro atoms. The van der Waals surface area contributed by atoms with Crippen molar-refractivity contribution >= 4 is 56.7 Å². The number of ether oxygens (including phenoxy) is 1. The van der Waals surface area contributed by atoms with Gasteiger partial charge in [0.2, 0.25) is 3.79 Å². The highest BCUT2D eigenvalue weighted by Crippen LogP contribution is 2.29. The summed E-state index contributed by atoms with van der Waals surface area (Å²) in [5.74, 6) is -0.200. The number of hydrogen-bond donors (Lipinski definition) is 0. The van der Waals surface area contributed by atoms with Gasteiger partial charge in [-0.3, -0.25) is 4.79 Å². The van der Waals surface area contributed by atoms with Gasteiger partial charge < -0.3 is 4.74 Å². The highest BCUT2D eigenvalue weighted by molar-refractivity contribution is 9.10. The molecule has 0 saturated heterocycles. The third-order valence-electron chi connectivity index (χ3n) is 4.41. The first-order chi connectivity index (χ1) is 13.1. The Hall–Kier alpha value is -0.740. The second-order valence-corrected chi connectivity index (χ2v) is 10.7. The van der Waals surface area contributed by atoms with Gasteiger partial charge >= 0.3 is 5.97 Å². The van der Waals surface area contributed by atoms with E-state index in [2.05, 4.69) is 54.0 Å². The molecule has 0 radical (unpaired) electrons. The molecule has 0 saturated carbocycles. The van der Waals surface area contributed by atoms with Crippen molar-refractivity contribution in [2.45, 2.75) is 42.8 Å². The second kappa shape index (κ2) is 10.9. The fourth-order valence-electron chi connectivity index (χ4n) is 2.82. The molecule has 6 heteroatoms. The van der Waals surface area contributed by atoms with Crippen LogP contribution in [0.5, 0.6) is 0 Å². The second-order valence-electron chi connectivity index (χ2n) is 7.28. The van der Waals surface area contributed by atoms with Gasteiger partial charge in [0.05, 0.1) is 5.92 Å². The zero-order valence-corrected chi connectivity index (χ0v) is 19.8. The summed E-state index contributed by atoms with van der Waals surface area (Å²) in [5.41, 5.74) is 3.23. The molecule has 0 aliphatic carbocycles. The van der Waals surface area contributed by atoms with Crippen molar-refractivity contribution in [3.63, 3.8) is 0 Å². The molecule has 0 heterocycles. The molecule has 152 valence electrons. The van der Waals surface area contributed by atoms with Gasteiger partial charge in [0, 0.05) is 4.47 Å². The Morgan fingerprint density at radius 3 is 2.11 bits per heavy atom. The van der Waals surface area contributed by atoms with Gasteiger partial charge in [0.1, 0.15) is 6.61 Å². The molecule has 0 aliphatic rings. The lowest BCUT2D eigenvalue weighted by molar-refractivity contribution is -0.145. The van der Waals surface area contributed by atoms with Crippen LogP contribution in [0.4, 0.5) is 0 Å². The molecule has 2 aromatic carbocycles. The van der Waals surface area contributed by atoms with Crippen molar-refractivity contribution < 1.29 is 9.53 Å². The number of rotatable bonds is 8. The minimum absolute atomic E-state index is 0.280. The Kier molecular flexibility index (Phi) is 9.14. The molecule has 0 aliphatic heterocycles. The minimum Gasteiger partial charge on any atom is -0.461 e. The van der Waals surface area contributed by atoms with Crippen molar-refractivity contribution in [2.75, 3.05) is 6.61 Å². The van der Waals surface area contributed by atoms with Gasteiger partial charge in [-0.1, -0.05) is 101 Å². The summed E-state index contributed by atoms with van der Waals surface area (Å²) < 4.78 is 4.58. The molecule has 0 fully saturated rings. The van der Waals surface area contributed by atoms with Crippen molar-refractivity contribution in [3.05, 3.63) is 69.7 Å². The molecular weight excluding hydrogens is 483 g/mol. The molecular formula is C22H24BrCl3O2. The van der Waals surface area contributed by atoms with Crippen LogP contribution >= 0.6 is 50.7 Å². The molecule has 0 amide bonds. The highest BCUT2D eigenvalue weighted by Gasteiger charge is 2.27. The van der Waals surface area contributed by atoms with Gasteiger partial charge in [-0.25, -0.2) is 0 Å². The summed E-state index contributed by atoms with van der Waals surface area (Å²) in [6.45, 7) is 4.16. The van der Waals surface area contributed by atoms with E-state index in [1.54, 1.807) is 0 Å². The van der Waals surface area contributed by atoms with E-state index in [-0.39, 0.29) is 6.61 Å². The normalized spacial score (nSPS) is 12.8. The van der Waals surface area contributed by atoms with E-state index in [9.17, 15) is 4.79 Å². The lowest BCUT2D eigenvalue weighted by Crippen LogP contribution is -2.23. The molecule has 0 bridgehead atoms. The Morgan fingerprint density at radius 1 is 1.00 bits per heavy atom. The average molecular weight is 507 g/mol. The Bertz CT molecular complexity index is 753. The van der Waals surface area contributed by atoms with Crippen molar-refractivity contribution in [1.29, 1.82) is 0 Å². The van der Waals surface area contributed by atoms with Gasteiger partial charge in [-0.05, 0) is 54.0 Å². The topological polar surface area (TPSA) is 26.3 Å². The Labute approximate surface area is 190 Å². The average Bonchev–Trinajstić information content (AvgIpc) is 2.63. The monoisotopic (exact) mass is 504 g/mol. The number of esters is 1. The van der Waals surface area contributed by atoms with Crippen LogP contribution in [-0.2, 0) is 22.4 Å². The first kappa shape index (κ1) is 23.5. The van der Waals surface area contributed by atoms with Crippen LogP contribution in [0.25, 0.3) is 0 Å². The van der Waals surface area contributed by atoms with E-state index >= 15 is 0 Å². The minimum atomic E-state index is -1.63. The van der Waals surface area contributed by atoms with Crippen molar-refractivity contribution in [3.8, 4) is 0 Å². The summed E-state index contributed by atoms with van der Waals surface area (Å²) in [4.78, 5) is 12.7. The smallest absolute Gasteiger partial charge is 0.313 e. The zero-order valence-electron chi connectivity index (χ0n) is 15.9. The van der Waals surface area contributed by atoms with Gasteiger partial charge in [-0.2, -0.15) is 0 Å². The third kappa shape index (κ3) is 8.32. The molecule has 2 nitrogen and oxygen atoms in total. The number of carbonyl (C=O) groups excluding carboxylic acids is 1. The molecule has 0 aromatic heterocycles. The number of benzene rings is 2. The fraction of sp³-hybridized carbons (Fsp3) is 0.409. The van der Waals surface area contributed by atoms with E-state index in [1.807, 2.05) is 24.3 Å². The van der Waals surface area contributed by atoms with Crippen molar-refractivity contribution in [1.82, 2.24) is 0 Å². The van der Waals surface area contributed by atoms with E-state index in [4.69, 9.17) is 39.5 Å². The zero-order chi connectivity index (χ0) is 20.7. The number of aryl methyl sites for hydroxylation is 1. The van der Waals surface area contributed by atoms with E-state index in [0.717, 1.165) is 28.4 Å². The number of hydrogen-bond acceptors (Lipinski definition) is 2. The standard InChI is InChI=1S/C22H24BrCl3O2/c1-15(2)3-4-16-5-7-17(8-6-16)13-20(18-9-11-19(23)12-10-18)21(27)28-14-22(24,25)26/h5-12,15,20H,3-4,13-14H2,1-2H3/t20-/m0/s1. The predicted octanol–water partition coefficient (Wildman–Crippen LogP) is 7.28. The SMILES string of the molecule is CC(C)CCc1ccc(C[C@H](C(=O)OCC(Cl)(Cl)Cl)c2ccc(Br)cc2)cc1. The predicted molar refractivity (Wildman–Crippen MR) is 121 cm³/mol. The highest BCUT2D eigenvalue weighted by atomic mass is 79.9. The summed E-state index contributed by atoms with van der Waals surface area (Å²) >= 11 is 20.6. The molecule has 2 aromatic rings. The largest absolute Gasteiger partial charge is 0.461 e. The number of carbonyl (C=O) groups is 1. The van der Waals surface area contributed by atoms with Crippen LogP contribution in [0.1, 0.15) is 42.9 Å². The quantitative estimate of drug-likeness (QED) is 0.278. The van der Waals surface area contributed by atoms with Crippen LogP contribution in [0, 0.1) is 5.92 Å². The van der Waals surface area contributed by atoms with Gasteiger partial charge in [-0.15, -0.1) is 0 Å². The molecule has 0 N–H and O–H groups in total. The molecule has 28 heavy (non-hydrogen) atoms. The first-order valence-corrected chi connectivity index (χ1v) is 11.1. The van der Waals surface area contributed by atoms with E-state index < -0.39 is 15.7 Å². The lowest BCUT2D eigenvalue weighted by Gasteiger charge is -2.19. The summed E-state index contributed by atoms with van der Waals surface area (Å²) in [6.07, 6.45) is 2.73. The van der Waals surface area contributed by atoms with Crippen LogP contribution < -0.4 is 0 Å². The first-order valence-electron chi connectivity index (χ1n) is 9.20. The summed E-state index contributed by atoms with van der Waals surface area (Å²) in [5, 5.41) is 0. The number of alkyl halides is 3. The van der Waals surface area contributed by atoms with E-state index in [0.29, 0.717) is 12.3 Å². The summed E-state index contributed by atoms with van der Waals surface area (Å²) in [6, 6.07) is 16.0. The number of halogens is 4. The maximum absolute atomic E-state index is 12.7. The van der Waals surface area contributed by atoms with Crippen LogP contribution in [0.15, 0.2) is 53.0 Å². The maximum Gasteiger partial charge on any atom is 0.313 e. The summed E-state index contributed by atoms with van der Waals surface area (Å²) in [7, 11) is 0. The van der Waals surface area contributed by atoms with Gasteiger partial charge in [0.25, 0.3) is 0 Å². The van der Waals surface area contributed by atoms with Crippen molar-refractivity contribution in [2.24, 2.45) is 5.92 Å². The van der Waals surface area contributed by atoms with Crippen LogP contribution in [0.3, 0.4) is 0 Å². The molecule has 0 unspecified atom stereocenters. The third-order valence-corrected chi connectivity index (χ3v) is 5.26. The fourth-order valence-corrected chi connectivity index (χ4v) is 3.25. The molecule has 1 atom stereocenters. The maximum atomic E-state index is 12.7. The Balaban J connectivity index is 2.14. The van der Waals surface area contributed by atoms with Crippen LogP contribution in [0.2, 0.25) is 0 Å². The van der Waals surface area contributed by atoms with Crippen LogP contribution in [-0.4, -0.2) is 16.4 Å².